The second-order valence-electron chi connectivity index (χ2n) is 10.5. The van der Waals surface area contributed by atoms with Crippen LogP contribution in [0.5, 0.6) is 0 Å². The topological polar surface area (TPSA) is 157 Å². The Bertz CT molecular complexity index is 1310. The highest BCUT2D eigenvalue weighted by Crippen LogP contribution is 2.43. The number of hydrogen-bond acceptors (Lipinski definition) is 6. The Hall–Kier alpha value is -4.06. The fraction of sp³-hybridized carbons (Fsp3) is 0.414. The Balaban J connectivity index is 1.83. The number of benzene rings is 2. The van der Waals surface area contributed by atoms with Crippen LogP contribution in [0.3, 0.4) is 0 Å². The molecule has 42 heavy (non-hydrogen) atoms. The molecular weight excluding hydrogens is 574 g/mol. The molecule has 13 heteroatoms. The highest BCUT2D eigenvalue weighted by Gasteiger charge is 2.46. The molecule has 5 N–H and O–H groups in total. The van der Waals surface area contributed by atoms with E-state index in [0.717, 1.165) is 12.1 Å². The molecule has 1 saturated heterocycles. The van der Waals surface area contributed by atoms with Gasteiger partial charge >= 0.3 is 12.0 Å². The summed E-state index contributed by atoms with van der Waals surface area (Å²) >= 11 is 5.93. The van der Waals surface area contributed by atoms with E-state index in [0.29, 0.717) is 13.0 Å². The zero-order valence-corrected chi connectivity index (χ0v) is 23.8. The van der Waals surface area contributed by atoms with Gasteiger partial charge in [-0.2, -0.15) is 8.78 Å². The van der Waals surface area contributed by atoms with Gasteiger partial charge in [0.25, 0.3) is 5.91 Å². The Morgan fingerprint density at radius 1 is 1.07 bits per heavy atom. The molecule has 0 saturated carbocycles. The summed E-state index contributed by atoms with van der Waals surface area (Å²) in [4.78, 5) is 62.5. The van der Waals surface area contributed by atoms with Gasteiger partial charge in [-0.1, -0.05) is 67.9 Å². The van der Waals surface area contributed by atoms with Crippen LogP contribution in [0.2, 0.25) is 5.02 Å². The van der Waals surface area contributed by atoms with E-state index < -0.39 is 59.3 Å². The Morgan fingerprint density at radius 2 is 1.76 bits per heavy atom. The first-order chi connectivity index (χ1) is 19.8. The highest BCUT2D eigenvalue weighted by molar-refractivity contribution is 6.38. The zero-order valence-electron chi connectivity index (χ0n) is 23.1. The fourth-order valence-corrected chi connectivity index (χ4v) is 4.83. The van der Waals surface area contributed by atoms with Crippen LogP contribution in [-0.2, 0) is 29.8 Å². The lowest BCUT2D eigenvalue weighted by molar-refractivity contribution is -0.139. The number of amides is 4. The van der Waals surface area contributed by atoms with Crippen LogP contribution in [0.15, 0.2) is 54.6 Å². The van der Waals surface area contributed by atoms with Gasteiger partial charge in [-0.15, -0.1) is 0 Å². The summed E-state index contributed by atoms with van der Waals surface area (Å²) in [6, 6.07) is 9.58. The van der Waals surface area contributed by atoms with Gasteiger partial charge in [-0.05, 0) is 42.9 Å². The van der Waals surface area contributed by atoms with E-state index in [9.17, 15) is 24.0 Å². The summed E-state index contributed by atoms with van der Waals surface area (Å²) in [6.45, 7) is 3.88. The molecule has 226 valence electrons. The van der Waals surface area contributed by atoms with Gasteiger partial charge in [0.15, 0.2) is 6.10 Å². The van der Waals surface area contributed by atoms with Crippen molar-refractivity contribution in [2.45, 2.75) is 57.2 Å². The molecule has 3 rings (SSSR count). The van der Waals surface area contributed by atoms with Crippen LogP contribution in [0.25, 0.3) is 0 Å². The monoisotopic (exact) mass is 606 g/mol. The molecule has 2 aromatic rings. The molecule has 10 nitrogen and oxygen atoms in total. The molecule has 1 aliphatic rings. The number of halogens is 3. The summed E-state index contributed by atoms with van der Waals surface area (Å²) < 4.78 is 36.8. The maximum absolute atomic E-state index is 15.8. The third-order valence-electron chi connectivity index (χ3n) is 6.74. The van der Waals surface area contributed by atoms with Crippen molar-refractivity contribution in [1.29, 1.82) is 0 Å². The quantitative estimate of drug-likeness (QED) is 0.256. The number of carbonyl (C=O) groups excluding carboxylic acids is 5. The first-order valence-corrected chi connectivity index (χ1v) is 13.7. The van der Waals surface area contributed by atoms with Crippen LogP contribution in [-0.4, -0.2) is 48.2 Å². The van der Waals surface area contributed by atoms with E-state index in [1.807, 2.05) is 0 Å². The van der Waals surface area contributed by atoms with Crippen molar-refractivity contribution in [3.05, 3.63) is 70.7 Å². The van der Waals surface area contributed by atoms with E-state index in [4.69, 9.17) is 22.1 Å². The molecule has 4 atom stereocenters. The second kappa shape index (κ2) is 14.2. The number of nitrogens with two attached hydrogens (primary N) is 1. The van der Waals surface area contributed by atoms with Gasteiger partial charge < -0.3 is 26.4 Å². The number of Topliss-reactive ketones (excluding diaryl/α,β-unsaturated/α-hetero) is 1. The lowest BCUT2D eigenvalue weighted by Crippen LogP contribution is -2.54. The van der Waals surface area contributed by atoms with Crippen LogP contribution in [0.1, 0.15) is 50.3 Å². The number of hydrogen-bond donors (Lipinski definition) is 4. The highest BCUT2D eigenvalue weighted by atomic mass is 35.5. The zero-order chi connectivity index (χ0) is 31.0. The number of carbonyl (C=O) groups is 5. The van der Waals surface area contributed by atoms with Crippen molar-refractivity contribution in [2.24, 2.45) is 17.6 Å². The van der Waals surface area contributed by atoms with Crippen LogP contribution >= 0.6 is 11.6 Å². The largest absolute Gasteiger partial charge is 0.434 e. The first kappa shape index (κ1) is 32.5. The van der Waals surface area contributed by atoms with Gasteiger partial charge in [0.1, 0.15) is 6.04 Å². The number of primary amides is 1. The Kier molecular flexibility index (Phi) is 11.0. The Labute approximate surface area is 246 Å². The summed E-state index contributed by atoms with van der Waals surface area (Å²) in [6.07, 6.45) is -3.17. The lowest BCUT2D eigenvalue weighted by Gasteiger charge is -2.29. The van der Waals surface area contributed by atoms with Crippen LogP contribution in [0.4, 0.5) is 13.6 Å². The fourth-order valence-electron chi connectivity index (χ4n) is 4.64. The third kappa shape index (κ3) is 8.48. The van der Waals surface area contributed by atoms with Gasteiger partial charge in [0.05, 0.1) is 6.04 Å². The minimum absolute atomic E-state index is 0.00977. The van der Waals surface area contributed by atoms with Crippen molar-refractivity contribution < 1.29 is 37.5 Å². The van der Waals surface area contributed by atoms with Crippen molar-refractivity contribution >= 4 is 41.2 Å². The van der Waals surface area contributed by atoms with Gasteiger partial charge in [-0.25, -0.2) is 4.79 Å². The summed E-state index contributed by atoms with van der Waals surface area (Å²) in [5.74, 6) is -8.17. The minimum Gasteiger partial charge on any atom is -0.434 e. The average molecular weight is 607 g/mol. The predicted octanol–water partition coefficient (Wildman–Crippen LogP) is 3.38. The van der Waals surface area contributed by atoms with Crippen molar-refractivity contribution in [3.63, 3.8) is 0 Å². The van der Waals surface area contributed by atoms with E-state index >= 15 is 8.78 Å². The van der Waals surface area contributed by atoms with Gasteiger partial charge in [-0.3, -0.25) is 19.2 Å². The summed E-state index contributed by atoms with van der Waals surface area (Å²) in [7, 11) is 0. The number of alkyl halides is 2. The number of ether oxygens (including phenoxy) is 1. The molecule has 1 fully saturated rings. The number of alkyl carbamates (subject to hydrolysis) is 1. The standard InChI is InChI=1S/C29H33ClF2N4O6/c1-16(2)13-22(27(40)35-21(23(37)25(33)38)14-18-11-12-34-26(18)39)36-28(41)42-24(17-7-4-3-5-8-17)29(31,32)19-9-6-10-20(30)15-19/h3-10,15-16,18,21-22,24H,11-14H2,1-2H3,(H2,33,38)(H,34,39)(H,35,40)(H,36,41)/t18-,21-,22-,24-/m0/s1. The van der Waals surface area contributed by atoms with Crippen molar-refractivity contribution in [2.75, 3.05) is 6.54 Å². The minimum atomic E-state index is -3.72. The smallest absolute Gasteiger partial charge is 0.408 e. The third-order valence-corrected chi connectivity index (χ3v) is 6.98. The van der Waals surface area contributed by atoms with Gasteiger partial charge in [0.2, 0.25) is 17.6 Å². The lowest BCUT2D eigenvalue weighted by atomic mass is 9.94. The number of rotatable bonds is 13. The molecule has 4 amide bonds. The van der Waals surface area contributed by atoms with Crippen molar-refractivity contribution in [3.8, 4) is 0 Å². The van der Waals surface area contributed by atoms with E-state index in [1.165, 1.54) is 36.4 Å². The van der Waals surface area contributed by atoms with E-state index in [-0.39, 0.29) is 35.3 Å². The molecule has 0 spiro atoms. The molecule has 0 bridgehead atoms. The molecule has 0 unspecified atom stereocenters. The molecule has 0 radical (unpaired) electrons. The van der Waals surface area contributed by atoms with Crippen molar-refractivity contribution in [1.82, 2.24) is 16.0 Å². The summed E-state index contributed by atoms with van der Waals surface area (Å²) in [5.41, 5.74) is 4.66. The number of ketones is 1. The molecule has 2 aromatic carbocycles. The SMILES string of the molecule is CC(C)C[C@H](NC(=O)O[C@@H](c1ccccc1)C(F)(F)c1cccc(Cl)c1)C(=O)N[C@@H](C[C@@H]1CCNC1=O)C(=O)C(N)=O. The molecule has 1 heterocycles. The second-order valence-corrected chi connectivity index (χ2v) is 10.9. The maximum Gasteiger partial charge on any atom is 0.408 e. The van der Waals surface area contributed by atoms with E-state index in [2.05, 4.69) is 16.0 Å². The maximum atomic E-state index is 15.8. The molecule has 0 aliphatic carbocycles. The number of nitrogens with one attached hydrogen (secondary N) is 3. The normalized spacial score (nSPS) is 17.1. The van der Waals surface area contributed by atoms with Crippen LogP contribution < -0.4 is 21.7 Å². The Morgan fingerprint density at radius 3 is 2.33 bits per heavy atom. The average Bonchev–Trinajstić information content (AvgIpc) is 3.34. The van der Waals surface area contributed by atoms with E-state index in [1.54, 1.807) is 19.9 Å². The van der Waals surface area contributed by atoms with Gasteiger partial charge in [0, 0.05) is 23.0 Å². The predicted molar refractivity (Wildman–Crippen MR) is 149 cm³/mol. The molecule has 1 aliphatic heterocycles. The molecule has 0 aromatic heterocycles. The molecular formula is C29H33ClF2N4O6. The van der Waals surface area contributed by atoms with Crippen LogP contribution in [0, 0.1) is 11.8 Å². The first-order valence-electron chi connectivity index (χ1n) is 13.4. The summed E-state index contributed by atoms with van der Waals surface area (Å²) in [5, 5.41) is 7.39.